The molecule has 0 radical (unpaired) electrons. The van der Waals surface area contributed by atoms with Crippen LogP contribution in [-0.4, -0.2) is 36.5 Å². The van der Waals surface area contributed by atoms with Crippen molar-refractivity contribution in [1.29, 1.82) is 0 Å². The van der Waals surface area contributed by atoms with E-state index in [4.69, 9.17) is 4.74 Å². The molecule has 1 aromatic heterocycles. The predicted octanol–water partition coefficient (Wildman–Crippen LogP) is 3.04. The summed E-state index contributed by atoms with van der Waals surface area (Å²) in [5, 5.41) is 6.46. The quantitative estimate of drug-likeness (QED) is 0.458. The number of aromatic nitrogens is 1. The van der Waals surface area contributed by atoms with Crippen molar-refractivity contribution in [3.05, 3.63) is 54.0 Å². The highest BCUT2D eigenvalue weighted by Gasteiger charge is 2.01. The SMILES string of the molecule is CN=C(NCCSC)NCc1ccc(Oc2ccc(F)cc2)nc1. The average molecular weight is 348 g/mol. The number of halogens is 1. The molecule has 1 aromatic carbocycles. The van der Waals surface area contributed by atoms with Crippen molar-refractivity contribution in [3.63, 3.8) is 0 Å². The van der Waals surface area contributed by atoms with Gasteiger partial charge in [-0.05, 0) is 36.1 Å². The van der Waals surface area contributed by atoms with Crippen LogP contribution in [0.15, 0.2) is 47.6 Å². The first-order chi connectivity index (χ1) is 11.7. The minimum atomic E-state index is -0.295. The second kappa shape index (κ2) is 9.77. The molecule has 0 saturated carbocycles. The van der Waals surface area contributed by atoms with Crippen LogP contribution in [0.4, 0.5) is 4.39 Å². The van der Waals surface area contributed by atoms with E-state index in [2.05, 4.69) is 26.9 Å². The lowest BCUT2D eigenvalue weighted by Crippen LogP contribution is -2.37. The minimum absolute atomic E-state index is 0.295. The van der Waals surface area contributed by atoms with Crippen LogP contribution >= 0.6 is 11.8 Å². The van der Waals surface area contributed by atoms with E-state index in [1.807, 2.05) is 6.07 Å². The number of thioether (sulfide) groups is 1. The van der Waals surface area contributed by atoms with Gasteiger partial charge in [-0.3, -0.25) is 4.99 Å². The summed E-state index contributed by atoms with van der Waals surface area (Å²) in [4.78, 5) is 8.42. The van der Waals surface area contributed by atoms with Crippen LogP contribution < -0.4 is 15.4 Å². The highest BCUT2D eigenvalue weighted by molar-refractivity contribution is 7.98. The maximum Gasteiger partial charge on any atom is 0.219 e. The normalized spacial score (nSPS) is 11.2. The Kier molecular flexibility index (Phi) is 7.35. The highest BCUT2D eigenvalue weighted by atomic mass is 32.2. The number of benzene rings is 1. The van der Waals surface area contributed by atoms with E-state index < -0.39 is 0 Å². The summed E-state index contributed by atoms with van der Waals surface area (Å²) in [6.07, 6.45) is 3.81. The fourth-order valence-electron chi connectivity index (χ4n) is 1.88. The number of nitrogens with zero attached hydrogens (tertiary/aromatic N) is 2. The summed E-state index contributed by atoms with van der Waals surface area (Å²) in [7, 11) is 1.74. The van der Waals surface area contributed by atoms with E-state index in [1.54, 1.807) is 43.2 Å². The first kappa shape index (κ1) is 18.1. The molecule has 0 atom stereocenters. The summed E-state index contributed by atoms with van der Waals surface area (Å²) in [5.74, 6) is 2.51. The van der Waals surface area contributed by atoms with E-state index in [-0.39, 0.29) is 5.82 Å². The number of aliphatic imine (C=N–C) groups is 1. The van der Waals surface area contributed by atoms with Gasteiger partial charge in [0.1, 0.15) is 11.6 Å². The van der Waals surface area contributed by atoms with Gasteiger partial charge in [-0.2, -0.15) is 11.8 Å². The van der Waals surface area contributed by atoms with Gasteiger partial charge in [-0.15, -0.1) is 0 Å². The van der Waals surface area contributed by atoms with E-state index in [0.717, 1.165) is 23.8 Å². The Morgan fingerprint density at radius 3 is 2.62 bits per heavy atom. The smallest absolute Gasteiger partial charge is 0.219 e. The zero-order valence-corrected chi connectivity index (χ0v) is 14.6. The van der Waals surface area contributed by atoms with Crippen LogP contribution in [0.5, 0.6) is 11.6 Å². The molecule has 7 heteroatoms. The van der Waals surface area contributed by atoms with E-state index in [9.17, 15) is 4.39 Å². The summed E-state index contributed by atoms with van der Waals surface area (Å²) < 4.78 is 18.4. The summed E-state index contributed by atoms with van der Waals surface area (Å²) in [6.45, 7) is 1.48. The van der Waals surface area contributed by atoms with E-state index in [1.165, 1.54) is 12.1 Å². The van der Waals surface area contributed by atoms with Crippen molar-refractivity contribution in [2.45, 2.75) is 6.54 Å². The summed E-state index contributed by atoms with van der Waals surface area (Å²) in [5.41, 5.74) is 1.01. The average Bonchev–Trinajstić information content (AvgIpc) is 2.61. The molecule has 0 unspecified atom stereocenters. The number of hydrogen-bond acceptors (Lipinski definition) is 4. The van der Waals surface area contributed by atoms with Crippen LogP contribution in [0.25, 0.3) is 0 Å². The van der Waals surface area contributed by atoms with Crippen molar-refractivity contribution >= 4 is 17.7 Å². The number of ether oxygens (including phenoxy) is 1. The topological polar surface area (TPSA) is 58.5 Å². The third kappa shape index (κ3) is 6.08. The molecule has 0 amide bonds. The molecule has 0 saturated heterocycles. The van der Waals surface area contributed by atoms with Gasteiger partial charge < -0.3 is 15.4 Å². The lowest BCUT2D eigenvalue weighted by Gasteiger charge is -2.11. The van der Waals surface area contributed by atoms with Gasteiger partial charge in [0.2, 0.25) is 5.88 Å². The van der Waals surface area contributed by atoms with Crippen LogP contribution in [0.1, 0.15) is 5.56 Å². The number of pyridine rings is 1. The molecule has 0 spiro atoms. The Hall–Kier alpha value is -2.28. The van der Waals surface area contributed by atoms with E-state index in [0.29, 0.717) is 18.2 Å². The molecule has 0 aliphatic rings. The molecule has 0 fully saturated rings. The molecule has 128 valence electrons. The summed E-state index contributed by atoms with van der Waals surface area (Å²) in [6, 6.07) is 9.54. The van der Waals surface area contributed by atoms with Crippen LogP contribution in [-0.2, 0) is 6.54 Å². The molecular formula is C17H21FN4OS. The highest BCUT2D eigenvalue weighted by Crippen LogP contribution is 2.19. The molecule has 0 aliphatic heterocycles. The van der Waals surface area contributed by atoms with Gasteiger partial charge in [-0.25, -0.2) is 9.37 Å². The molecule has 2 N–H and O–H groups in total. The fourth-order valence-corrected chi connectivity index (χ4v) is 2.18. The minimum Gasteiger partial charge on any atom is -0.439 e. The third-order valence-electron chi connectivity index (χ3n) is 3.12. The lowest BCUT2D eigenvalue weighted by atomic mass is 10.3. The predicted molar refractivity (Wildman–Crippen MR) is 97.3 cm³/mol. The van der Waals surface area contributed by atoms with Gasteiger partial charge in [0.15, 0.2) is 5.96 Å². The Morgan fingerprint density at radius 2 is 2.00 bits per heavy atom. The van der Waals surface area contributed by atoms with Crippen LogP contribution in [0.2, 0.25) is 0 Å². The van der Waals surface area contributed by atoms with Gasteiger partial charge >= 0.3 is 0 Å². The molecule has 1 heterocycles. The Labute approximate surface area is 145 Å². The molecule has 5 nitrogen and oxygen atoms in total. The zero-order chi connectivity index (χ0) is 17.2. The maximum atomic E-state index is 12.9. The fraction of sp³-hybridized carbons (Fsp3) is 0.294. The Morgan fingerprint density at radius 1 is 1.21 bits per heavy atom. The van der Waals surface area contributed by atoms with Crippen molar-refractivity contribution in [2.24, 2.45) is 4.99 Å². The molecule has 0 bridgehead atoms. The molecule has 24 heavy (non-hydrogen) atoms. The number of rotatable bonds is 7. The monoisotopic (exact) mass is 348 g/mol. The molecule has 2 rings (SSSR count). The first-order valence-electron chi connectivity index (χ1n) is 7.53. The van der Waals surface area contributed by atoms with E-state index >= 15 is 0 Å². The zero-order valence-electron chi connectivity index (χ0n) is 13.8. The number of guanidine groups is 1. The molecular weight excluding hydrogens is 327 g/mol. The maximum absolute atomic E-state index is 12.9. The van der Waals surface area contributed by atoms with Gasteiger partial charge in [-0.1, -0.05) is 6.07 Å². The van der Waals surface area contributed by atoms with Crippen molar-refractivity contribution in [2.75, 3.05) is 25.6 Å². The van der Waals surface area contributed by atoms with Gasteiger partial charge in [0, 0.05) is 38.2 Å². The first-order valence-corrected chi connectivity index (χ1v) is 8.92. The van der Waals surface area contributed by atoms with Crippen LogP contribution in [0.3, 0.4) is 0 Å². The molecule has 0 aliphatic carbocycles. The van der Waals surface area contributed by atoms with Crippen molar-refractivity contribution in [3.8, 4) is 11.6 Å². The largest absolute Gasteiger partial charge is 0.439 e. The van der Waals surface area contributed by atoms with Crippen LogP contribution in [0, 0.1) is 5.82 Å². The second-order valence-corrected chi connectivity index (χ2v) is 5.89. The lowest BCUT2D eigenvalue weighted by molar-refractivity contribution is 0.461. The second-order valence-electron chi connectivity index (χ2n) is 4.91. The number of hydrogen-bond donors (Lipinski definition) is 2. The summed E-state index contributed by atoms with van der Waals surface area (Å²) >= 11 is 1.78. The Balaban J connectivity index is 1.84. The standard InChI is InChI=1S/C17H21FN4OS/c1-19-17(20-9-10-24-2)22-12-13-3-8-16(21-11-13)23-15-6-4-14(18)5-7-15/h3-8,11H,9-10,12H2,1-2H3,(H2,19,20,22). The third-order valence-corrected chi connectivity index (χ3v) is 3.73. The van der Waals surface area contributed by atoms with Gasteiger partial charge in [0.05, 0.1) is 0 Å². The Bertz CT molecular complexity index is 647. The number of nitrogens with one attached hydrogen (secondary N) is 2. The molecule has 2 aromatic rings. The van der Waals surface area contributed by atoms with Crippen molar-refractivity contribution < 1.29 is 9.13 Å². The van der Waals surface area contributed by atoms with Crippen molar-refractivity contribution in [1.82, 2.24) is 15.6 Å². The van der Waals surface area contributed by atoms with Gasteiger partial charge in [0.25, 0.3) is 0 Å².